The summed E-state index contributed by atoms with van der Waals surface area (Å²) in [5.74, 6) is -0.408. The first-order valence-electron chi connectivity index (χ1n) is 3.61. The Bertz CT molecular complexity index is 201. The lowest BCUT2D eigenvalue weighted by Crippen LogP contribution is -2.22. The Balaban J connectivity index is 2.74. The third-order valence-electron chi connectivity index (χ3n) is 1.81. The number of allylic oxidation sites excluding steroid dienone is 1. The normalized spacial score (nSPS) is 18.4. The third-order valence-corrected chi connectivity index (χ3v) is 2.31. The molecule has 0 spiro atoms. The minimum Gasteiger partial charge on any atom is -0.288 e. The van der Waals surface area contributed by atoms with Gasteiger partial charge in [0.15, 0.2) is 0 Å². The van der Waals surface area contributed by atoms with E-state index in [9.17, 15) is 4.79 Å². The molecule has 0 saturated carbocycles. The van der Waals surface area contributed by atoms with E-state index in [1.54, 1.807) is 5.48 Å². The fraction of sp³-hybridized carbons (Fsp3) is 0.571. The zero-order chi connectivity index (χ0) is 8.27. The van der Waals surface area contributed by atoms with Crippen LogP contribution in [0.25, 0.3) is 0 Å². The number of hydroxylamine groups is 1. The summed E-state index contributed by atoms with van der Waals surface area (Å²) in [6.45, 7) is 0. The van der Waals surface area contributed by atoms with Gasteiger partial charge in [-0.25, -0.2) is 5.48 Å². The second-order valence-corrected chi connectivity index (χ2v) is 3.11. The molecule has 4 heteroatoms. The highest BCUT2D eigenvalue weighted by atomic mass is 32.1. The first-order chi connectivity index (χ1) is 5.25. The second-order valence-electron chi connectivity index (χ2n) is 2.57. The van der Waals surface area contributed by atoms with E-state index in [1.807, 2.05) is 0 Å². The summed E-state index contributed by atoms with van der Waals surface area (Å²) in [7, 11) is 0. The maximum absolute atomic E-state index is 10.9. The van der Waals surface area contributed by atoms with E-state index in [1.165, 1.54) is 0 Å². The average molecular weight is 173 g/mol. The first-order valence-corrected chi connectivity index (χ1v) is 4.06. The van der Waals surface area contributed by atoms with Crippen LogP contribution in [0.4, 0.5) is 0 Å². The minimum absolute atomic E-state index is 0.408. The number of hydrogen-bond acceptors (Lipinski definition) is 3. The molecule has 0 aliphatic heterocycles. The van der Waals surface area contributed by atoms with Crippen LogP contribution in [0.3, 0.4) is 0 Å². The Labute approximate surface area is 70.8 Å². The van der Waals surface area contributed by atoms with Gasteiger partial charge in [-0.05, 0) is 30.6 Å². The van der Waals surface area contributed by atoms with Crippen molar-refractivity contribution >= 4 is 18.5 Å². The van der Waals surface area contributed by atoms with Crippen LogP contribution >= 0.6 is 12.6 Å². The molecule has 1 aliphatic carbocycles. The SMILES string of the molecule is O=C(NO)C1=C(S)CCCC1. The fourth-order valence-electron chi connectivity index (χ4n) is 1.20. The predicted molar refractivity (Wildman–Crippen MR) is 44.4 cm³/mol. The van der Waals surface area contributed by atoms with Gasteiger partial charge in [-0.3, -0.25) is 10.0 Å². The third kappa shape index (κ3) is 1.97. The zero-order valence-electron chi connectivity index (χ0n) is 6.13. The van der Waals surface area contributed by atoms with Gasteiger partial charge >= 0.3 is 0 Å². The van der Waals surface area contributed by atoms with Gasteiger partial charge in [0.1, 0.15) is 0 Å². The Morgan fingerprint density at radius 2 is 2.09 bits per heavy atom. The monoisotopic (exact) mass is 173 g/mol. The lowest BCUT2D eigenvalue weighted by atomic mass is 9.99. The van der Waals surface area contributed by atoms with Crippen LogP contribution < -0.4 is 5.48 Å². The summed E-state index contributed by atoms with van der Waals surface area (Å²) >= 11 is 4.16. The molecule has 1 amide bonds. The van der Waals surface area contributed by atoms with Crippen molar-refractivity contribution in [3.05, 3.63) is 10.5 Å². The topological polar surface area (TPSA) is 49.3 Å². The van der Waals surface area contributed by atoms with Gasteiger partial charge in [0.2, 0.25) is 0 Å². The van der Waals surface area contributed by atoms with Gasteiger partial charge in [-0.15, -0.1) is 12.6 Å². The molecule has 0 radical (unpaired) electrons. The quantitative estimate of drug-likeness (QED) is 0.317. The van der Waals surface area contributed by atoms with Crippen molar-refractivity contribution in [2.45, 2.75) is 25.7 Å². The largest absolute Gasteiger partial charge is 0.288 e. The summed E-state index contributed by atoms with van der Waals surface area (Å²) in [6, 6.07) is 0. The summed E-state index contributed by atoms with van der Waals surface area (Å²) in [5.41, 5.74) is 2.25. The van der Waals surface area contributed by atoms with Gasteiger partial charge in [-0.1, -0.05) is 0 Å². The number of amides is 1. The zero-order valence-corrected chi connectivity index (χ0v) is 7.03. The molecule has 1 aliphatic rings. The van der Waals surface area contributed by atoms with Crippen LogP contribution in [-0.4, -0.2) is 11.1 Å². The van der Waals surface area contributed by atoms with Crippen LogP contribution in [0.15, 0.2) is 10.5 Å². The van der Waals surface area contributed by atoms with Crippen molar-refractivity contribution in [3.63, 3.8) is 0 Å². The van der Waals surface area contributed by atoms with Crippen LogP contribution in [-0.2, 0) is 4.79 Å². The number of nitrogens with one attached hydrogen (secondary N) is 1. The van der Waals surface area contributed by atoms with Crippen molar-refractivity contribution in [1.82, 2.24) is 5.48 Å². The molecule has 0 aromatic heterocycles. The second kappa shape index (κ2) is 3.78. The van der Waals surface area contributed by atoms with Gasteiger partial charge in [0.25, 0.3) is 5.91 Å². The molecule has 1 rings (SSSR count). The molecule has 2 N–H and O–H groups in total. The van der Waals surface area contributed by atoms with Crippen molar-refractivity contribution < 1.29 is 10.0 Å². The molecular weight excluding hydrogens is 162 g/mol. The van der Waals surface area contributed by atoms with Crippen molar-refractivity contribution in [3.8, 4) is 0 Å². The molecule has 0 heterocycles. The summed E-state index contributed by atoms with van der Waals surface area (Å²) in [6.07, 6.45) is 3.67. The van der Waals surface area contributed by atoms with Gasteiger partial charge in [0, 0.05) is 5.57 Å². The smallest absolute Gasteiger partial charge is 0.271 e. The van der Waals surface area contributed by atoms with E-state index in [0.29, 0.717) is 5.57 Å². The molecule has 0 saturated heterocycles. The molecule has 62 valence electrons. The lowest BCUT2D eigenvalue weighted by molar-refractivity contribution is -0.125. The summed E-state index contributed by atoms with van der Waals surface area (Å²) < 4.78 is 0. The molecule has 0 atom stereocenters. The lowest BCUT2D eigenvalue weighted by Gasteiger charge is -2.14. The fourth-order valence-corrected chi connectivity index (χ4v) is 1.57. The molecule has 0 unspecified atom stereocenters. The number of thiol groups is 1. The Morgan fingerprint density at radius 3 is 2.64 bits per heavy atom. The average Bonchev–Trinajstić information content (AvgIpc) is 2.04. The number of rotatable bonds is 1. The van der Waals surface area contributed by atoms with Crippen molar-refractivity contribution in [2.24, 2.45) is 0 Å². The van der Waals surface area contributed by atoms with Gasteiger partial charge < -0.3 is 0 Å². The molecule has 0 aromatic carbocycles. The molecule has 11 heavy (non-hydrogen) atoms. The molecule has 0 aromatic rings. The van der Waals surface area contributed by atoms with Crippen molar-refractivity contribution in [2.75, 3.05) is 0 Å². The standard InChI is InChI=1S/C7H11NO2S/c9-7(8-10)5-3-1-2-4-6(5)11/h10-11H,1-4H2,(H,8,9). The maximum atomic E-state index is 10.9. The molecule has 0 fully saturated rings. The van der Waals surface area contributed by atoms with E-state index >= 15 is 0 Å². The Hall–Kier alpha value is -0.480. The highest BCUT2D eigenvalue weighted by molar-refractivity contribution is 7.84. The summed E-state index contributed by atoms with van der Waals surface area (Å²) in [4.78, 5) is 11.7. The highest BCUT2D eigenvalue weighted by Gasteiger charge is 2.15. The van der Waals surface area contributed by atoms with E-state index in [2.05, 4.69) is 12.6 Å². The number of hydrogen-bond donors (Lipinski definition) is 3. The Morgan fingerprint density at radius 1 is 1.45 bits per heavy atom. The molecule has 0 bridgehead atoms. The van der Waals surface area contributed by atoms with Crippen molar-refractivity contribution in [1.29, 1.82) is 0 Å². The van der Waals surface area contributed by atoms with Crippen LogP contribution in [0.2, 0.25) is 0 Å². The Kier molecular flexibility index (Phi) is 2.96. The number of carbonyl (C=O) groups is 1. The number of carbonyl (C=O) groups excluding carboxylic acids is 1. The van der Waals surface area contributed by atoms with E-state index in [0.717, 1.165) is 30.6 Å². The predicted octanol–water partition coefficient (Wildman–Crippen LogP) is 1.25. The highest BCUT2D eigenvalue weighted by Crippen LogP contribution is 2.26. The van der Waals surface area contributed by atoms with E-state index < -0.39 is 5.91 Å². The van der Waals surface area contributed by atoms with Gasteiger partial charge in [0.05, 0.1) is 0 Å². The molecular formula is C7H11NO2S. The molecule has 3 nitrogen and oxygen atoms in total. The van der Waals surface area contributed by atoms with Crippen LogP contribution in [0.1, 0.15) is 25.7 Å². The van der Waals surface area contributed by atoms with E-state index in [4.69, 9.17) is 5.21 Å². The van der Waals surface area contributed by atoms with E-state index in [-0.39, 0.29) is 0 Å². The first kappa shape index (κ1) is 8.62. The maximum Gasteiger partial charge on any atom is 0.271 e. The van der Waals surface area contributed by atoms with Crippen LogP contribution in [0.5, 0.6) is 0 Å². The minimum atomic E-state index is -0.408. The van der Waals surface area contributed by atoms with Gasteiger partial charge in [-0.2, -0.15) is 0 Å². The summed E-state index contributed by atoms with van der Waals surface area (Å²) in [5, 5.41) is 8.34. The van der Waals surface area contributed by atoms with Crippen LogP contribution in [0, 0.1) is 0 Å².